The minimum Gasteiger partial charge on any atom is -0.493 e. The second kappa shape index (κ2) is 7.05. The summed E-state index contributed by atoms with van der Waals surface area (Å²) in [7, 11) is 2.92. The first-order valence-corrected chi connectivity index (χ1v) is 8.05. The number of fused-ring (bicyclic) bond motifs is 1. The maximum atomic E-state index is 12.7. The number of ether oxygens (including phenoxy) is 2. The number of nitrogens with zero attached hydrogens (tertiary/aromatic N) is 2. The van der Waals surface area contributed by atoms with Gasteiger partial charge in [-0.25, -0.2) is 4.98 Å². The largest absolute Gasteiger partial charge is 0.493 e. The van der Waals surface area contributed by atoms with Crippen molar-refractivity contribution in [2.45, 2.75) is 6.92 Å². The molecule has 0 radical (unpaired) electrons. The maximum absolute atomic E-state index is 12.7. The normalized spacial score (nSPS) is 10.6. The van der Waals surface area contributed by atoms with Crippen LogP contribution in [0.2, 0.25) is 5.02 Å². The minimum atomic E-state index is -0.510. The standard InChI is InChI=1S/C18H16ClN3O4/c1-10-15(18(24)22-9-11(19)7-8-14(22)20-10)21-17(23)12-5-4-6-13(25-2)16(12)26-3/h4-9H,1-3H3,(H,21,23). The van der Waals surface area contributed by atoms with E-state index in [2.05, 4.69) is 10.3 Å². The van der Waals surface area contributed by atoms with Gasteiger partial charge in [-0.2, -0.15) is 0 Å². The van der Waals surface area contributed by atoms with E-state index in [0.717, 1.165) is 0 Å². The second-order valence-corrected chi connectivity index (χ2v) is 5.88. The Morgan fingerprint density at radius 2 is 1.96 bits per heavy atom. The van der Waals surface area contributed by atoms with E-state index in [1.54, 1.807) is 37.3 Å². The number of aryl methyl sites for hydroxylation is 1. The number of aromatic nitrogens is 2. The number of pyridine rings is 1. The molecule has 0 aliphatic rings. The molecule has 3 aromatic rings. The van der Waals surface area contributed by atoms with Gasteiger partial charge in [-0.05, 0) is 31.2 Å². The third-order valence-corrected chi connectivity index (χ3v) is 4.08. The highest BCUT2D eigenvalue weighted by Gasteiger charge is 2.19. The van der Waals surface area contributed by atoms with Crippen LogP contribution < -0.4 is 20.3 Å². The number of halogens is 1. The molecule has 134 valence electrons. The summed E-state index contributed by atoms with van der Waals surface area (Å²) in [6, 6.07) is 8.19. The van der Waals surface area contributed by atoms with Crippen LogP contribution >= 0.6 is 11.6 Å². The van der Waals surface area contributed by atoms with Crippen LogP contribution in [0.1, 0.15) is 16.1 Å². The molecule has 1 aromatic carbocycles. The lowest BCUT2D eigenvalue weighted by atomic mass is 10.1. The predicted octanol–water partition coefficient (Wildman–Crippen LogP) is 2.93. The lowest BCUT2D eigenvalue weighted by Crippen LogP contribution is -2.25. The Hall–Kier alpha value is -3.06. The number of nitrogens with one attached hydrogen (secondary N) is 1. The van der Waals surface area contributed by atoms with E-state index in [4.69, 9.17) is 21.1 Å². The van der Waals surface area contributed by atoms with E-state index in [0.29, 0.717) is 22.1 Å². The number of hydrogen-bond acceptors (Lipinski definition) is 5. The van der Waals surface area contributed by atoms with Crippen molar-refractivity contribution in [3.63, 3.8) is 0 Å². The molecular weight excluding hydrogens is 358 g/mol. The number of carbonyl (C=O) groups excluding carboxylic acids is 1. The third-order valence-electron chi connectivity index (χ3n) is 3.85. The highest BCUT2D eigenvalue weighted by Crippen LogP contribution is 2.31. The van der Waals surface area contributed by atoms with Crippen LogP contribution in [0.4, 0.5) is 5.69 Å². The Kier molecular flexibility index (Phi) is 4.81. The van der Waals surface area contributed by atoms with E-state index in [1.165, 1.54) is 24.8 Å². The summed E-state index contributed by atoms with van der Waals surface area (Å²) in [4.78, 5) is 29.8. The number of amides is 1. The van der Waals surface area contributed by atoms with Crippen LogP contribution in [0.15, 0.2) is 41.3 Å². The van der Waals surface area contributed by atoms with Crippen molar-refractivity contribution in [3.8, 4) is 11.5 Å². The molecule has 7 nitrogen and oxygen atoms in total. The topological polar surface area (TPSA) is 81.9 Å². The summed E-state index contributed by atoms with van der Waals surface area (Å²) in [6.45, 7) is 1.65. The Morgan fingerprint density at radius 1 is 1.19 bits per heavy atom. The molecule has 0 unspecified atom stereocenters. The molecular formula is C18H16ClN3O4. The van der Waals surface area contributed by atoms with E-state index in [-0.39, 0.29) is 17.0 Å². The molecule has 8 heteroatoms. The van der Waals surface area contributed by atoms with Crippen LogP contribution in [0, 0.1) is 6.92 Å². The Labute approximate surface area is 154 Å². The first-order chi connectivity index (χ1) is 12.5. The van der Waals surface area contributed by atoms with Crippen LogP contribution in [0.3, 0.4) is 0 Å². The maximum Gasteiger partial charge on any atom is 0.281 e. The lowest BCUT2D eigenvalue weighted by Gasteiger charge is -2.13. The fourth-order valence-corrected chi connectivity index (χ4v) is 2.77. The molecule has 0 bridgehead atoms. The summed E-state index contributed by atoms with van der Waals surface area (Å²) in [6.07, 6.45) is 1.45. The molecule has 0 aliphatic heterocycles. The van der Waals surface area contributed by atoms with Gasteiger partial charge in [0.15, 0.2) is 11.5 Å². The van der Waals surface area contributed by atoms with Gasteiger partial charge in [-0.3, -0.25) is 14.0 Å². The second-order valence-electron chi connectivity index (χ2n) is 5.45. The van der Waals surface area contributed by atoms with Crippen molar-refractivity contribution in [2.24, 2.45) is 0 Å². The first kappa shape index (κ1) is 17.8. The highest BCUT2D eigenvalue weighted by molar-refractivity contribution is 6.30. The van der Waals surface area contributed by atoms with Crippen molar-refractivity contribution >= 4 is 28.8 Å². The Balaban J connectivity index is 2.07. The van der Waals surface area contributed by atoms with Gasteiger partial charge in [-0.1, -0.05) is 17.7 Å². The van der Waals surface area contributed by atoms with Crippen LogP contribution in [0.5, 0.6) is 11.5 Å². The zero-order valence-electron chi connectivity index (χ0n) is 14.4. The molecule has 26 heavy (non-hydrogen) atoms. The van der Waals surface area contributed by atoms with Gasteiger partial charge in [-0.15, -0.1) is 0 Å². The molecule has 2 aromatic heterocycles. The Morgan fingerprint density at radius 3 is 2.65 bits per heavy atom. The fourth-order valence-electron chi connectivity index (χ4n) is 2.61. The quantitative estimate of drug-likeness (QED) is 0.760. The van der Waals surface area contributed by atoms with Gasteiger partial charge in [0.2, 0.25) is 0 Å². The lowest BCUT2D eigenvalue weighted by molar-refractivity contribution is 0.102. The summed E-state index contributed by atoms with van der Waals surface area (Å²) in [5.74, 6) is 0.184. The molecule has 0 aliphatic carbocycles. The van der Waals surface area contributed by atoms with Gasteiger partial charge in [0.25, 0.3) is 11.5 Å². The van der Waals surface area contributed by atoms with Crippen LogP contribution in [-0.2, 0) is 0 Å². The SMILES string of the molecule is COc1cccc(C(=O)Nc2c(C)nc3ccc(Cl)cn3c2=O)c1OC. The zero-order valence-corrected chi connectivity index (χ0v) is 15.1. The number of methoxy groups -OCH3 is 2. The average Bonchev–Trinajstić information content (AvgIpc) is 2.64. The van der Waals surface area contributed by atoms with Crippen molar-refractivity contribution in [3.05, 3.63) is 63.2 Å². The molecule has 0 atom stereocenters. The van der Waals surface area contributed by atoms with E-state index in [1.807, 2.05) is 0 Å². The van der Waals surface area contributed by atoms with E-state index >= 15 is 0 Å². The number of para-hydroxylation sites is 1. The minimum absolute atomic E-state index is 0.0691. The Bertz CT molecular complexity index is 1060. The molecule has 1 N–H and O–H groups in total. The summed E-state index contributed by atoms with van der Waals surface area (Å²) >= 11 is 5.95. The summed E-state index contributed by atoms with van der Waals surface area (Å²) < 4.78 is 11.8. The zero-order chi connectivity index (χ0) is 18.8. The molecule has 1 amide bonds. The number of benzene rings is 1. The number of rotatable bonds is 4. The van der Waals surface area contributed by atoms with Gasteiger partial charge in [0.05, 0.1) is 30.5 Å². The van der Waals surface area contributed by atoms with Gasteiger partial charge in [0.1, 0.15) is 11.3 Å². The predicted molar refractivity (Wildman–Crippen MR) is 98.7 cm³/mol. The summed E-state index contributed by atoms with van der Waals surface area (Å²) in [5, 5.41) is 3.01. The van der Waals surface area contributed by atoms with Crippen molar-refractivity contribution < 1.29 is 14.3 Å². The fraction of sp³-hybridized carbons (Fsp3) is 0.167. The van der Waals surface area contributed by atoms with Crippen molar-refractivity contribution in [1.82, 2.24) is 9.38 Å². The molecule has 0 spiro atoms. The molecule has 0 saturated carbocycles. The molecule has 0 saturated heterocycles. The van der Waals surface area contributed by atoms with Crippen LogP contribution in [0.25, 0.3) is 5.65 Å². The number of carbonyl (C=O) groups is 1. The van der Waals surface area contributed by atoms with Gasteiger partial charge >= 0.3 is 0 Å². The smallest absolute Gasteiger partial charge is 0.281 e. The molecule has 3 rings (SSSR count). The highest BCUT2D eigenvalue weighted by atomic mass is 35.5. The number of anilines is 1. The van der Waals surface area contributed by atoms with E-state index < -0.39 is 11.5 Å². The van der Waals surface area contributed by atoms with Crippen molar-refractivity contribution in [2.75, 3.05) is 19.5 Å². The monoisotopic (exact) mass is 373 g/mol. The van der Waals surface area contributed by atoms with Gasteiger partial charge < -0.3 is 14.8 Å². The molecule has 0 fully saturated rings. The molecule has 2 heterocycles. The first-order valence-electron chi connectivity index (χ1n) is 7.67. The van der Waals surface area contributed by atoms with E-state index in [9.17, 15) is 9.59 Å². The third kappa shape index (κ3) is 3.09. The van der Waals surface area contributed by atoms with Crippen molar-refractivity contribution in [1.29, 1.82) is 0 Å². The number of hydrogen-bond donors (Lipinski definition) is 1. The summed E-state index contributed by atoms with van der Waals surface area (Å²) in [5.41, 5.74) is 0.716. The average molecular weight is 374 g/mol. The van der Waals surface area contributed by atoms with Gasteiger partial charge in [0, 0.05) is 6.20 Å². The van der Waals surface area contributed by atoms with Crippen LogP contribution in [-0.4, -0.2) is 29.5 Å².